The second-order valence-electron chi connectivity index (χ2n) is 4.03. The molecule has 0 amide bonds. The third kappa shape index (κ3) is 1.66. The number of rotatable bonds is 0. The molecule has 0 N–H and O–H groups in total. The Morgan fingerprint density at radius 1 is 1.27 bits per heavy atom. The molecule has 0 aliphatic heterocycles. The van der Waals surface area contributed by atoms with Crippen LogP contribution in [0.2, 0.25) is 0 Å². The molecule has 0 fully saturated rings. The average Bonchev–Trinajstić information content (AvgIpc) is 2.41. The van der Waals surface area contributed by atoms with Crippen LogP contribution in [-0.4, -0.2) is 5.78 Å². The highest BCUT2D eigenvalue weighted by molar-refractivity contribution is 5.98. The number of benzene rings is 1. The van der Waals surface area contributed by atoms with Crippen LogP contribution >= 0.6 is 0 Å². The number of fused-ring (bicyclic) bond motifs is 1. The van der Waals surface area contributed by atoms with E-state index in [2.05, 4.69) is 6.07 Å². The van der Waals surface area contributed by atoms with Crippen molar-refractivity contribution < 1.29 is 4.79 Å². The normalized spacial score (nSPS) is 15.3. The quantitative estimate of drug-likeness (QED) is 0.603. The third-order valence-electron chi connectivity index (χ3n) is 3.01. The van der Waals surface area contributed by atoms with Crippen molar-refractivity contribution in [2.24, 2.45) is 0 Å². The van der Waals surface area contributed by atoms with Gasteiger partial charge in [-0.05, 0) is 37.3 Å². The summed E-state index contributed by atoms with van der Waals surface area (Å²) in [6.45, 7) is 1.92. The van der Waals surface area contributed by atoms with Crippen LogP contribution in [0, 0.1) is 18.3 Å². The minimum absolute atomic E-state index is 0.194. The summed E-state index contributed by atoms with van der Waals surface area (Å²) in [5.41, 5.74) is 3.43. The van der Waals surface area contributed by atoms with E-state index in [-0.39, 0.29) is 5.78 Å². The summed E-state index contributed by atoms with van der Waals surface area (Å²) in [7, 11) is 0. The van der Waals surface area contributed by atoms with E-state index in [0.717, 1.165) is 36.0 Å². The van der Waals surface area contributed by atoms with Gasteiger partial charge in [-0.1, -0.05) is 12.1 Å². The lowest BCUT2D eigenvalue weighted by Gasteiger charge is -2.08. The second kappa shape index (κ2) is 3.86. The molecule has 1 aliphatic carbocycles. The van der Waals surface area contributed by atoms with Crippen molar-refractivity contribution in [2.75, 3.05) is 0 Å². The number of aryl methyl sites for hydroxylation is 1. The maximum absolute atomic E-state index is 11.8. The van der Waals surface area contributed by atoms with Crippen molar-refractivity contribution in [3.05, 3.63) is 34.4 Å². The molecular weight excluding hydrogens is 186 g/mol. The largest absolute Gasteiger partial charge is 0.294 e. The van der Waals surface area contributed by atoms with Gasteiger partial charge in [0, 0.05) is 12.0 Å². The Kier molecular flexibility index (Phi) is 2.55. The average molecular weight is 199 g/mol. The zero-order valence-corrected chi connectivity index (χ0v) is 8.84. The predicted octanol–water partition coefficient (Wildman–Crippen LogP) is 2.78. The molecule has 0 aromatic heterocycles. The van der Waals surface area contributed by atoms with E-state index < -0.39 is 0 Å². The number of nitriles is 1. The van der Waals surface area contributed by atoms with Crippen LogP contribution in [-0.2, 0) is 6.42 Å². The number of carbonyl (C=O) groups is 1. The Morgan fingerprint density at radius 2 is 2.00 bits per heavy atom. The molecule has 2 heteroatoms. The molecule has 0 saturated heterocycles. The van der Waals surface area contributed by atoms with Crippen molar-refractivity contribution in [2.45, 2.75) is 32.6 Å². The van der Waals surface area contributed by atoms with E-state index in [0.29, 0.717) is 12.0 Å². The molecule has 2 rings (SSSR count). The molecular formula is C13H13NO. The van der Waals surface area contributed by atoms with Gasteiger partial charge in [0.05, 0.1) is 11.6 Å². The zero-order valence-electron chi connectivity index (χ0n) is 8.84. The van der Waals surface area contributed by atoms with Crippen molar-refractivity contribution in [1.82, 2.24) is 0 Å². The summed E-state index contributed by atoms with van der Waals surface area (Å²) in [5, 5.41) is 9.09. The number of ketones is 1. The molecule has 0 spiro atoms. The number of hydrogen-bond acceptors (Lipinski definition) is 2. The highest BCUT2D eigenvalue weighted by atomic mass is 16.1. The second-order valence-corrected chi connectivity index (χ2v) is 4.03. The van der Waals surface area contributed by atoms with Gasteiger partial charge >= 0.3 is 0 Å². The van der Waals surface area contributed by atoms with Gasteiger partial charge in [0.2, 0.25) is 0 Å². The van der Waals surface area contributed by atoms with Crippen molar-refractivity contribution in [1.29, 1.82) is 5.26 Å². The smallest absolute Gasteiger partial charge is 0.163 e. The fourth-order valence-electron chi connectivity index (χ4n) is 2.16. The van der Waals surface area contributed by atoms with Gasteiger partial charge < -0.3 is 0 Å². The Labute approximate surface area is 89.5 Å². The molecule has 0 saturated carbocycles. The third-order valence-corrected chi connectivity index (χ3v) is 3.01. The van der Waals surface area contributed by atoms with Crippen LogP contribution in [0.25, 0.3) is 0 Å². The van der Waals surface area contributed by atoms with Crippen molar-refractivity contribution in [3.63, 3.8) is 0 Å². The zero-order chi connectivity index (χ0) is 10.8. The van der Waals surface area contributed by atoms with Crippen molar-refractivity contribution in [3.8, 4) is 6.07 Å². The molecule has 76 valence electrons. The van der Waals surface area contributed by atoms with Crippen LogP contribution < -0.4 is 0 Å². The minimum atomic E-state index is 0.194. The topological polar surface area (TPSA) is 40.9 Å². The SMILES string of the molecule is Cc1ccc2c(c1C#N)CCCCC2=O. The van der Waals surface area contributed by atoms with E-state index in [9.17, 15) is 4.79 Å². The monoisotopic (exact) mass is 199 g/mol. The number of carbonyl (C=O) groups excluding carboxylic acids is 1. The highest BCUT2D eigenvalue weighted by Crippen LogP contribution is 2.25. The molecule has 0 unspecified atom stereocenters. The van der Waals surface area contributed by atoms with Gasteiger partial charge in [-0.3, -0.25) is 4.79 Å². The summed E-state index contributed by atoms with van der Waals surface area (Å²) >= 11 is 0. The lowest BCUT2D eigenvalue weighted by molar-refractivity contribution is 0.0982. The van der Waals surface area contributed by atoms with Gasteiger partial charge in [0.1, 0.15) is 0 Å². The number of hydrogen-bond donors (Lipinski definition) is 0. The Hall–Kier alpha value is -1.62. The number of Topliss-reactive ketones (excluding diaryl/α,β-unsaturated/α-hetero) is 1. The van der Waals surface area contributed by atoms with Crippen LogP contribution in [0.4, 0.5) is 0 Å². The van der Waals surface area contributed by atoms with Crippen LogP contribution in [0.15, 0.2) is 12.1 Å². The van der Waals surface area contributed by atoms with Crippen molar-refractivity contribution >= 4 is 5.78 Å². The summed E-state index contributed by atoms with van der Waals surface area (Å²) < 4.78 is 0. The molecule has 0 radical (unpaired) electrons. The first kappa shape index (κ1) is 9.92. The first-order valence-corrected chi connectivity index (χ1v) is 5.30. The van der Waals surface area contributed by atoms with E-state index in [4.69, 9.17) is 5.26 Å². The van der Waals surface area contributed by atoms with E-state index in [1.807, 2.05) is 19.1 Å². The lowest BCUT2D eigenvalue weighted by atomic mass is 9.94. The van der Waals surface area contributed by atoms with Gasteiger partial charge in [-0.15, -0.1) is 0 Å². The fourth-order valence-corrected chi connectivity index (χ4v) is 2.16. The summed E-state index contributed by atoms with van der Waals surface area (Å²) in [6, 6.07) is 5.97. The van der Waals surface area contributed by atoms with Crippen LogP contribution in [0.1, 0.15) is 46.3 Å². The lowest BCUT2D eigenvalue weighted by Crippen LogP contribution is -2.03. The molecule has 0 atom stereocenters. The van der Waals surface area contributed by atoms with Crippen LogP contribution in [0.5, 0.6) is 0 Å². The van der Waals surface area contributed by atoms with Gasteiger partial charge in [0.25, 0.3) is 0 Å². The fraction of sp³-hybridized carbons (Fsp3) is 0.385. The summed E-state index contributed by atoms with van der Waals surface area (Å²) in [5.74, 6) is 0.194. The summed E-state index contributed by atoms with van der Waals surface area (Å²) in [6.07, 6.45) is 3.45. The van der Waals surface area contributed by atoms with Gasteiger partial charge in [-0.2, -0.15) is 5.26 Å². The van der Waals surface area contributed by atoms with Gasteiger partial charge in [0.15, 0.2) is 5.78 Å². The Morgan fingerprint density at radius 3 is 2.73 bits per heavy atom. The molecule has 1 aliphatic rings. The minimum Gasteiger partial charge on any atom is -0.294 e. The Balaban J connectivity index is 2.65. The molecule has 0 bridgehead atoms. The first-order chi connectivity index (χ1) is 7.24. The van der Waals surface area contributed by atoms with E-state index in [1.54, 1.807) is 0 Å². The molecule has 2 nitrogen and oxygen atoms in total. The molecule has 1 aromatic rings. The molecule has 1 aromatic carbocycles. The van der Waals surface area contributed by atoms with Gasteiger partial charge in [-0.25, -0.2) is 0 Å². The maximum Gasteiger partial charge on any atom is 0.163 e. The maximum atomic E-state index is 11.8. The Bertz CT molecular complexity index is 454. The number of nitrogens with zero attached hydrogens (tertiary/aromatic N) is 1. The highest BCUT2D eigenvalue weighted by Gasteiger charge is 2.19. The summed E-state index contributed by atoms with van der Waals surface area (Å²) in [4.78, 5) is 11.8. The predicted molar refractivity (Wildman–Crippen MR) is 57.8 cm³/mol. The first-order valence-electron chi connectivity index (χ1n) is 5.30. The molecule has 0 heterocycles. The standard InChI is InChI=1S/C13H13NO/c1-9-6-7-11-10(12(9)8-14)4-2-3-5-13(11)15/h6-7H,2-5H2,1H3. The van der Waals surface area contributed by atoms with Crippen LogP contribution in [0.3, 0.4) is 0 Å². The molecule has 15 heavy (non-hydrogen) atoms. The van der Waals surface area contributed by atoms with E-state index in [1.165, 1.54) is 0 Å². The van der Waals surface area contributed by atoms with E-state index >= 15 is 0 Å².